The van der Waals surface area contributed by atoms with Gasteiger partial charge in [-0.25, -0.2) is 0 Å². The average molecular weight is 710 g/mol. The molecule has 0 N–H and O–H groups in total. The highest BCUT2D eigenvalue weighted by molar-refractivity contribution is 7.27. The van der Waals surface area contributed by atoms with Crippen molar-refractivity contribution in [3.63, 3.8) is 0 Å². The second-order valence-electron chi connectivity index (χ2n) is 13.7. The minimum Gasteiger partial charge on any atom is -0.309 e. The third kappa shape index (κ3) is 4.97. The highest BCUT2D eigenvalue weighted by Crippen LogP contribution is 2.48. The molecular weight excluding hydrogens is 679 g/mol. The van der Waals surface area contributed by atoms with Crippen molar-refractivity contribution >= 4 is 102 Å². The van der Waals surface area contributed by atoms with E-state index in [1.807, 2.05) is 22.7 Å². The number of thiophene rings is 2. The molecule has 0 amide bonds. The average Bonchev–Trinajstić information content (AvgIpc) is 3.80. The lowest BCUT2D eigenvalue weighted by Gasteiger charge is -2.26. The number of fused-ring (bicyclic) bond motifs is 9. The van der Waals surface area contributed by atoms with E-state index in [4.69, 9.17) is 0 Å². The summed E-state index contributed by atoms with van der Waals surface area (Å²) in [5.74, 6) is 0. The molecule has 11 rings (SSSR count). The summed E-state index contributed by atoms with van der Waals surface area (Å²) in [6.07, 6.45) is 0. The fraction of sp³-hybridized carbons (Fsp3) is 0. The number of hydrogen-bond donors (Lipinski definition) is 0. The van der Waals surface area contributed by atoms with Crippen LogP contribution in [-0.4, -0.2) is 0 Å². The Morgan fingerprint density at radius 2 is 0.962 bits per heavy atom. The van der Waals surface area contributed by atoms with Gasteiger partial charge < -0.3 is 4.90 Å². The summed E-state index contributed by atoms with van der Waals surface area (Å²) >= 11 is 3.77. The van der Waals surface area contributed by atoms with E-state index in [0.717, 1.165) is 11.4 Å². The number of nitrogens with zero attached hydrogens (tertiary/aromatic N) is 1. The van der Waals surface area contributed by atoms with Crippen LogP contribution in [0.1, 0.15) is 0 Å². The normalized spacial score (nSPS) is 11.8. The number of benzene rings is 9. The topological polar surface area (TPSA) is 3.24 Å². The van der Waals surface area contributed by atoms with Gasteiger partial charge in [0.05, 0.1) is 10.4 Å². The zero-order chi connectivity index (χ0) is 34.9. The molecule has 1 nitrogen and oxygen atoms in total. The summed E-state index contributed by atoms with van der Waals surface area (Å²) in [7, 11) is 0. The Bertz CT molecular complexity index is 3170. The molecule has 0 saturated carbocycles. The Labute approximate surface area is 315 Å². The molecule has 3 heteroatoms. The molecule has 0 unspecified atom stereocenters. The fourth-order valence-electron chi connectivity index (χ4n) is 8.09. The molecule has 0 aliphatic rings. The maximum absolute atomic E-state index is 2.46. The van der Waals surface area contributed by atoms with Crippen LogP contribution in [0.2, 0.25) is 0 Å². The molecule has 0 atom stereocenters. The first kappa shape index (κ1) is 30.4. The van der Waals surface area contributed by atoms with E-state index in [0.29, 0.717) is 0 Å². The van der Waals surface area contributed by atoms with E-state index < -0.39 is 0 Å². The Hall–Kier alpha value is -6.26. The van der Waals surface area contributed by atoms with E-state index >= 15 is 0 Å². The quantitative estimate of drug-likeness (QED) is 0.161. The van der Waals surface area contributed by atoms with Crippen molar-refractivity contribution in [2.24, 2.45) is 0 Å². The van der Waals surface area contributed by atoms with Crippen molar-refractivity contribution in [2.75, 3.05) is 4.90 Å². The van der Waals surface area contributed by atoms with Crippen LogP contribution in [0.3, 0.4) is 0 Å². The second kappa shape index (κ2) is 12.2. The van der Waals surface area contributed by atoms with Crippen LogP contribution in [0.4, 0.5) is 17.1 Å². The van der Waals surface area contributed by atoms with Crippen molar-refractivity contribution in [3.05, 3.63) is 188 Å². The lowest BCUT2D eigenvalue weighted by Crippen LogP contribution is -2.09. The van der Waals surface area contributed by atoms with Gasteiger partial charge in [-0.1, -0.05) is 146 Å². The Morgan fingerprint density at radius 3 is 1.83 bits per heavy atom. The van der Waals surface area contributed by atoms with Gasteiger partial charge in [0.15, 0.2) is 0 Å². The van der Waals surface area contributed by atoms with Gasteiger partial charge in [0.1, 0.15) is 0 Å². The van der Waals surface area contributed by atoms with Crippen LogP contribution in [0.5, 0.6) is 0 Å². The molecule has 9 aromatic carbocycles. The zero-order valence-corrected chi connectivity index (χ0v) is 30.3. The lowest BCUT2D eigenvalue weighted by atomic mass is 9.97. The molecule has 0 fully saturated rings. The Morgan fingerprint density at radius 1 is 0.321 bits per heavy atom. The first-order chi connectivity index (χ1) is 26.3. The van der Waals surface area contributed by atoms with Crippen molar-refractivity contribution in [3.8, 4) is 22.3 Å². The maximum atomic E-state index is 2.46. The van der Waals surface area contributed by atoms with E-state index in [1.165, 1.54) is 89.8 Å². The molecule has 2 aromatic heterocycles. The zero-order valence-electron chi connectivity index (χ0n) is 28.7. The fourth-order valence-corrected chi connectivity index (χ4v) is 10.6. The predicted octanol–water partition coefficient (Wildman–Crippen LogP) is 15.5. The van der Waals surface area contributed by atoms with Gasteiger partial charge in [0.25, 0.3) is 0 Å². The van der Waals surface area contributed by atoms with Crippen LogP contribution in [0.15, 0.2) is 188 Å². The van der Waals surface area contributed by atoms with Gasteiger partial charge >= 0.3 is 0 Å². The van der Waals surface area contributed by atoms with Crippen molar-refractivity contribution in [1.29, 1.82) is 0 Å². The molecule has 0 bridgehead atoms. The van der Waals surface area contributed by atoms with Gasteiger partial charge in [-0.2, -0.15) is 0 Å². The second-order valence-corrected chi connectivity index (χ2v) is 15.8. The van der Waals surface area contributed by atoms with Gasteiger partial charge in [0, 0.05) is 47.0 Å². The smallest absolute Gasteiger partial charge is 0.0640 e. The van der Waals surface area contributed by atoms with Crippen molar-refractivity contribution < 1.29 is 0 Å². The monoisotopic (exact) mass is 709 g/mol. The Balaban J connectivity index is 1.10. The van der Waals surface area contributed by atoms with E-state index in [1.54, 1.807) is 0 Å². The first-order valence-corrected chi connectivity index (χ1v) is 19.6. The SMILES string of the molecule is c1ccc(-c2cccc3c2sc2c(N(c4ccc(-c5ccc6ccc7ccccc7c6c5)cc4)c4ccc5c(c4)sc4ccccc45)cccc23)cc1. The molecule has 0 aliphatic heterocycles. The van der Waals surface area contributed by atoms with Crippen LogP contribution >= 0.6 is 22.7 Å². The molecule has 0 aliphatic carbocycles. The summed E-state index contributed by atoms with van der Waals surface area (Å²) in [5.41, 5.74) is 8.43. The number of anilines is 3. The first-order valence-electron chi connectivity index (χ1n) is 18.0. The van der Waals surface area contributed by atoms with E-state index in [2.05, 4.69) is 193 Å². The minimum atomic E-state index is 1.13. The molecule has 2 heterocycles. The summed E-state index contributed by atoms with van der Waals surface area (Å²) in [5, 5.41) is 10.3. The van der Waals surface area contributed by atoms with Gasteiger partial charge in [-0.3, -0.25) is 0 Å². The third-order valence-corrected chi connectivity index (χ3v) is 13.1. The molecule has 0 radical (unpaired) electrons. The summed E-state index contributed by atoms with van der Waals surface area (Å²) in [6, 6.07) is 69.1. The molecule has 0 spiro atoms. The van der Waals surface area contributed by atoms with E-state index in [9.17, 15) is 0 Å². The number of rotatable bonds is 5. The lowest BCUT2D eigenvalue weighted by molar-refractivity contribution is 1.31. The third-order valence-electron chi connectivity index (χ3n) is 10.7. The minimum absolute atomic E-state index is 1.13. The summed E-state index contributed by atoms with van der Waals surface area (Å²) in [6.45, 7) is 0. The van der Waals surface area contributed by atoms with E-state index in [-0.39, 0.29) is 0 Å². The van der Waals surface area contributed by atoms with Gasteiger partial charge in [0.2, 0.25) is 0 Å². The summed E-state index contributed by atoms with van der Waals surface area (Å²) in [4.78, 5) is 2.46. The van der Waals surface area contributed by atoms with Crippen LogP contribution in [0.25, 0.3) is 84.1 Å². The maximum Gasteiger partial charge on any atom is 0.0640 e. The van der Waals surface area contributed by atoms with Gasteiger partial charge in [-0.15, -0.1) is 22.7 Å². The summed E-state index contributed by atoms with van der Waals surface area (Å²) < 4.78 is 5.22. The van der Waals surface area contributed by atoms with Crippen LogP contribution < -0.4 is 4.90 Å². The number of hydrogen-bond acceptors (Lipinski definition) is 3. The molecule has 11 aromatic rings. The highest BCUT2D eigenvalue weighted by atomic mass is 32.1. The van der Waals surface area contributed by atoms with Crippen molar-refractivity contribution in [2.45, 2.75) is 0 Å². The molecule has 0 saturated heterocycles. The molecular formula is C50H31NS2. The largest absolute Gasteiger partial charge is 0.309 e. The molecule has 248 valence electrons. The highest BCUT2D eigenvalue weighted by Gasteiger charge is 2.20. The van der Waals surface area contributed by atoms with Gasteiger partial charge in [-0.05, 0) is 86.3 Å². The predicted molar refractivity (Wildman–Crippen MR) is 233 cm³/mol. The van der Waals surface area contributed by atoms with Crippen LogP contribution in [0, 0.1) is 0 Å². The molecule has 53 heavy (non-hydrogen) atoms. The van der Waals surface area contributed by atoms with Crippen LogP contribution in [-0.2, 0) is 0 Å². The standard InChI is InChI=1S/C50H31NS2/c1-2-10-33(11-3-1)40-15-8-16-43-44-17-9-18-46(50(44)53-49(40)43)51(38-28-29-42-41-14-6-7-19-47(41)52-48(42)31-38)37-26-24-32(25-27-37)36-23-22-35-21-20-34-12-4-5-13-39(34)45(35)30-36/h1-31H. The van der Waals surface area contributed by atoms with Crippen molar-refractivity contribution in [1.82, 2.24) is 0 Å². The Kier molecular flexibility index (Phi) is 6.97.